The molecular weight excluding hydrogens is 462 g/mol. The first kappa shape index (κ1) is 22.7. The van der Waals surface area contributed by atoms with Crippen LogP contribution in [0.15, 0.2) is 77.9 Å². The van der Waals surface area contributed by atoms with Crippen molar-refractivity contribution in [1.82, 2.24) is 24.5 Å². The molecule has 3 heterocycles. The molecule has 0 radical (unpaired) electrons. The van der Waals surface area contributed by atoms with Crippen LogP contribution in [0.4, 0.5) is 0 Å². The average molecular weight is 488 g/mol. The quantitative estimate of drug-likeness (QED) is 0.376. The molecule has 1 amide bonds. The van der Waals surface area contributed by atoms with Gasteiger partial charge in [-0.25, -0.2) is 9.50 Å². The molecule has 3 aromatic heterocycles. The molecule has 1 aliphatic carbocycles. The summed E-state index contributed by atoms with van der Waals surface area (Å²) >= 11 is 0. The van der Waals surface area contributed by atoms with Crippen LogP contribution in [0, 0.1) is 24.7 Å². The van der Waals surface area contributed by atoms with Gasteiger partial charge in [0.25, 0.3) is 11.5 Å². The van der Waals surface area contributed by atoms with Crippen LogP contribution in [0.3, 0.4) is 0 Å². The summed E-state index contributed by atoms with van der Waals surface area (Å²) in [6.45, 7) is 3.66. The first-order valence-electron chi connectivity index (χ1n) is 12.4. The summed E-state index contributed by atoms with van der Waals surface area (Å²) in [5.74, 6) is 6.66. The van der Waals surface area contributed by atoms with Gasteiger partial charge in [-0.2, -0.15) is 5.10 Å². The van der Waals surface area contributed by atoms with Gasteiger partial charge in [0.1, 0.15) is 5.56 Å². The average Bonchev–Trinajstić information content (AvgIpc) is 3.67. The number of hydrogen-bond donors (Lipinski definition) is 1. The van der Waals surface area contributed by atoms with Crippen molar-refractivity contribution < 1.29 is 4.79 Å². The van der Waals surface area contributed by atoms with E-state index in [0.29, 0.717) is 33.9 Å². The fraction of sp³-hybridized carbons (Fsp3) is 0.200. The highest BCUT2D eigenvalue weighted by molar-refractivity contribution is 6.01. The normalized spacial score (nSPS) is 13.8. The molecular formula is C30H25N5O2. The Morgan fingerprint density at radius 1 is 1.11 bits per heavy atom. The molecule has 1 atom stereocenters. The minimum Gasteiger partial charge on any atom is -0.344 e. The molecule has 0 bridgehead atoms. The highest BCUT2D eigenvalue weighted by Gasteiger charge is 2.23. The maximum atomic E-state index is 14.0. The van der Waals surface area contributed by atoms with Crippen LogP contribution in [-0.2, 0) is 0 Å². The Kier molecular flexibility index (Phi) is 5.57. The summed E-state index contributed by atoms with van der Waals surface area (Å²) in [7, 11) is 0. The zero-order valence-corrected chi connectivity index (χ0v) is 20.6. The van der Waals surface area contributed by atoms with E-state index >= 15 is 0 Å². The van der Waals surface area contributed by atoms with Crippen LogP contribution in [0.1, 0.15) is 53.1 Å². The molecule has 1 aliphatic rings. The van der Waals surface area contributed by atoms with Gasteiger partial charge in [0, 0.05) is 35.3 Å². The van der Waals surface area contributed by atoms with E-state index in [1.807, 2.05) is 61.5 Å². The Morgan fingerprint density at radius 2 is 1.92 bits per heavy atom. The van der Waals surface area contributed by atoms with Crippen molar-refractivity contribution in [2.45, 2.75) is 32.7 Å². The van der Waals surface area contributed by atoms with Gasteiger partial charge in [-0.1, -0.05) is 42.2 Å². The molecule has 2 aromatic carbocycles. The molecule has 1 fully saturated rings. The predicted octanol–water partition coefficient (Wildman–Crippen LogP) is 4.59. The summed E-state index contributed by atoms with van der Waals surface area (Å²) in [5, 5.41) is 8.86. The van der Waals surface area contributed by atoms with E-state index in [1.165, 1.54) is 0 Å². The molecule has 1 saturated carbocycles. The number of aromatic nitrogens is 4. The summed E-state index contributed by atoms with van der Waals surface area (Å²) in [6, 6.07) is 18.5. The van der Waals surface area contributed by atoms with Gasteiger partial charge < -0.3 is 5.32 Å². The third kappa shape index (κ3) is 4.17. The second-order valence-corrected chi connectivity index (χ2v) is 9.40. The van der Waals surface area contributed by atoms with Crippen molar-refractivity contribution in [3.05, 3.63) is 106 Å². The van der Waals surface area contributed by atoms with Gasteiger partial charge in [-0.05, 0) is 62.4 Å². The lowest BCUT2D eigenvalue weighted by molar-refractivity contribution is 0.0939. The molecule has 5 aromatic rings. The molecule has 1 N–H and O–H groups in total. The number of amides is 1. The third-order valence-corrected chi connectivity index (χ3v) is 6.67. The summed E-state index contributed by atoms with van der Waals surface area (Å²) in [4.78, 5) is 31.8. The fourth-order valence-corrected chi connectivity index (χ4v) is 4.66. The number of aryl methyl sites for hydroxylation is 1. The van der Waals surface area contributed by atoms with Crippen LogP contribution in [-0.4, -0.2) is 25.1 Å². The van der Waals surface area contributed by atoms with Crippen molar-refractivity contribution in [1.29, 1.82) is 0 Å². The van der Waals surface area contributed by atoms with Crippen LogP contribution in [0.25, 0.3) is 22.1 Å². The number of nitrogens with zero attached hydrogens (tertiary/aromatic N) is 4. The molecule has 0 spiro atoms. The Hall–Kier alpha value is -4.70. The maximum Gasteiger partial charge on any atom is 0.264 e. The van der Waals surface area contributed by atoms with Gasteiger partial charge >= 0.3 is 0 Å². The molecule has 182 valence electrons. The molecule has 37 heavy (non-hydrogen) atoms. The van der Waals surface area contributed by atoms with E-state index in [0.717, 1.165) is 29.5 Å². The number of nitrogens with one attached hydrogen (secondary N) is 1. The molecule has 6 rings (SSSR count). The second-order valence-electron chi connectivity index (χ2n) is 9.40. The highest BCUT2D eigenvalue weighted by atomic mass is 16.2. The number of rotatable bonds is 4. The second kappa shape index (κ2) is 9.07. The lowest BCUT2D eigenvalue weighted by atomic mass is 10.0. The molecule has 0 unspecified atom stereocenters. The minimum absolute atomic E-state index is 0.158. The molecule has 0 saturated heterocycles. The van der Waals surface area contributed by atoms with E-state index in [4.69, 9.17) is 0 Å². The minimum atomic E-state index is -0.482. The van der Waals surface area contributed by atoms with Gasteiger partial charge in [-0.3, -0.25) is 14.2 Å². The molecule has 0 aliphatic heterocycles. The number of benzene rings is 2. The maximum absolute atomic E-state index is 14.0. The number of pyridine rings is 1. The SMILES string of the molecule is Cc1nn2cccnc2c1C(=O)N[C@@H](C)c1cc2cccc(C#CC3CC3)c2c(=O)n1-c1ccccc1. The lowest BCUT2D eigenvalue weighted by Crippen LogP contribution is -2.32. The monoisotopic (exact) mass is 487 g/mol. The summed E-state index contributed by atoms with van der Waals surface area (Å²) in [6.07, 6.45) is 5.64. The van der Waals surface area contributed by atoms with Gasteiger partial charge in [0.15, 0.2) is 5.65 Å². The van der Waals surface area contributed by atoms with E-state index in [9.17, 15) is 9.59 Å². The summed E-state index contributed by atoms with van der Waals surface area (Å²) in [5.41, 5.74) is 3.46. The van der Waals surface area contributed by atoms with E-state index in [1.54, 1.807) is 34.5 Å². The zero-order valence-electron chi connectivity index (χ0n) is 20.6. The smallest absolute Gasteiger partial charge is 0.264 e. The van der Waals surface area contributed by atoms with Crippen molar-refractivity contribution >= 4 is 22.3 Å². The Bertz CT molecular complexity index is 1790. The van der Waals surface area contributed by atoms with Gasteiger partial charge in [0.05, 0.1) is 17.1 Å². The van der Waals surface area contributed by atoms with E-state index in [-0.39, 0.29) is 11.5 Å². The first-order valence-corrected chi connectivity index (χ1v) is 12.4. The topological polar surface area (TPSA) is 81.3 Å². The van der Waals surface area contributed by atoms with Crippen LogP contribution < -0.4 is 10.9 Å². The Balaban J connectivity index is 1.48. The molecule has 7 heteroatoms. The number of para-hydroxylation sites is 1. The van der Waals surface area contributed by atoms with E-state index in [2.05, 4.69) is 27.2 Å². The fourth-order valence-electron chi connectivity index (χ4n) is 4.66. The zero-order chi connectivity index (χ0) is 25.5. The summed E-state index contributed by atoms with van der Waals surface area (Å²) < 4.78 is 3.27. The van der Waals surface area contributed by atoms with Gasteiger partial charge in [-0.15, -0.1) is 0 Å². The number of carbonyl (C=O) groups is 1. The lowest BCUT2D eigenvalue weighted by Gasteiger charge is -2.21. The Morgan fingerprint density at radius 3 is 2.70 bits per heavy atom. The number of carbonyl (C=O) groups excluding carboxylic acids is 1. The third-order valence-electron chi connectivity index (χ3n) is 6.67. The van der Waals surface area contributed by atoms with Crippen molar-refractivity contribution in [3.63, 3.8) is 0 Å². The van der Waals surface area contributed by atoms with Crippen LogP contribution in [0.2, 0.25) is 0 Å². The molecule has 7 nitrogen and oxygen atoms in total. The predicted molar refractivity (Wildman–Crippen MR) is 143 cm³/mol. The van der Waals surface area contributed by atoms with Crippen molar-refractivity contribution in [2.75, 3.05) is 0 Å². The van der Waals surface area contributed by atoms with Gasteiger partial charge in [0.2, 0.25) is 0 Å². The first-order chi connectivity index (χ1) is 18.0. The van der Waals surface area contributed by atoms with Crippen molar-refractivity contribution in [2.24, 2.45) is 5.92 Å². The largest absolute Gasteiger partial charge is 0.344 e. The Labute approximate surface area is 213 Å². The number of hydrogen-bond acceptors (Lipinski definition) is 4. The highest BCUT2D eigenvalue weighted by Crippen LogP contribution is 2.28. The number of fused-ring (bicyclic) bond motifs is 2. The van der Waals surface area contributed by atoms with Crippen molar-refractivity contribution in [3.8, 4) is 17.5 Å². The van der Waals surface area contributed by atoms with Crippen LogP contribution in [0.5, 0.6) is 0 Å². The standard InChI is InChI=1S/C30H25N5O2/c1-19(32-29(36)26-20(2)33-34-17-7-16-31-28(26)34)25-18-23-9-6-8-22(15-14-21-12-13-21)27(23)30(37)35(25)24-10-4-3-5-11-24/h3-11,16-19,21H,12-13H2,1-2H3,(H,32,36)/t19-/m0/s1. The van der Waals surface area contributed by atoms with E-state index < -0.39 is 6.04 Å². The van der Waals surface area contributed by atoms with Crippen LogP contribution >= 0.6 is 0 Å².